The van der Waals surface area contributed by atoms with Gasteiger partial charge in [-0.3, -0.25) is 0 Å². The highest BCUT2D eigenvalue weighted by Gasteiger charge is 2.28. The van der Waals surface area contributed by atoms with Crippen LogP contribution >= 0.6 is 0 Å². The van der Waals surface area contributed by atoms with Crippen LogP contribution in [0.4, 0.5) is 5.82 Å². The Morgan fingerprint density at radius 3 is 2.79 bits per heavy atom. The fourth-order valence-corrected chi connectivity index (χ4v) is 2.77. The van der Waals surface area contributed by atoms with E-state index in [9.17, 15) is 5.26 Å². The van der Waals surface area contributed by atoms with Gasteiger partial charge in [-0.2, -0.15) is 10.5 Å². The van der Waals surface area contributed by atoms with Gasteiger partial charge in [-0.05, 0) is 30.3 Å². The molecule has 6 nitrogen and oxygen atoms in total. The van der Waals surface area contributed by atoms with Gasteiger partial charge in [0.2, 0.25) is 5.89 Å². The van der Waals surface area contributed by atoms with Crippen molar-refractivity contribution >= 4 is 5.82 Å². The molecule has 0 unspecified atom stereocenters. The largest absolute Gasteiger partial charge is 0.439 e. The standard InChI is InChI=1S/C18H11N5O/c19-8-12-3-1-4-13(7-12)18-22-15-10-23(11-16(15)24-18)17-14(9-20)5-2-6-21-17/h1-7H,10-11H2. The maximum atomic E-state index is 9.21. The summed E-state index contributed by atoms with van der Waals surface area (Å²) in [7, 11) is 0. The van der Waals surface area contributed by atoms with E-state index in [2.05, 4.69) is 22.1 Å². The van der Waals surface area contributed by atoms with Crippen molar-refractivity contribution in [3.05, 3.63) is 65.2 Å². The van der Waals surface area contributed by atoms with Gasteiger partial charge in [0, 0.05) is 11.8 Å². The number of benzene rings is 1. The van der Waals surface area contributed by atoms with Crippen molar-refractivity contribution in [2.24, 2.45) is 0 Å². The summed E-state index contributed by atoms with van der Waals surface area (Å²) in [5.74, 6) is 1.92. The molecule has 0 aliphatic carbocycles. The molecule has 0 spiro atoms. The van der Waals surface area contributed by atoms with Gasteiger partial charge in [0.15, 0.2) is 0 Å². The van der Waals surface area contributed by atoms with E-state index in [4.69, 9.17) is 9.68 Å². The molecule has 1 aliphatic rings. The number of aromatic nitrogens is 2. The molecule has 3 aromatic rings. The van der Waals surface area contributed by atoms with Gasteiger partial charge in [-0.25, -0.2) is 9.97 Å². The lowest BCUT2D eigenvalue weighted by atomic mass is 10.1. The van der Waals surface area contributed by atoms with Crippen molar-refractivity contribution in [2.75, 3.05) is 4.90 Å². The molecular weight excluding hydrogens is 302 g/mol. The first-order valence-corrected chi connectivity index (χ1v) is 7.37. The Morgan fingerprint density at radius 2 is 2.00 bits per heavy atom. The fourth-order valence-electron chi connectivity index (χ4n) is 2.77. The average molecular weight is 313 g/mol. The first kappa shape index (κ1) is 14.0. The summed E-state index contributed by atoms with van der Waals surface area (Å²) in [6.45, 7) is 1.06. The zero-order chi connectivity index (χ0) is 16.5. The third kappa shape index (κ3) is 2.27. The molecule has 0 saturated heterocycles. The molecule has 4 rings (SSSR count). The van der Waals surface area contributed by atoms with Crippen LogP contribution < -0.4 is 4.90 Å². The van der Waals surface area contributed by atoms with Crippen molar-refractivity contribution in [1.29, 1.82) is 10.5 Å². The summed E-state index contributed by atoms with van der Waals surface area (Å²) in [5, 5.41) is 18.2. The van der Waals surface area contributed by atoms with E-state index in [1.165, 1.54) is 0 Å². The minimum atomic E-state index is 0.512. The van der Waals surface area contributed by atoms with E-state index in [1.54, 1.807) is 30.5 Å². The highest BCUT2D eigenvalue weighted by atomic mass is 16.4. The van der Waals surface area contributed by atoms with Crippen LogP contribution in [0.5, 0.6) is 0 Å². The Bertz CT molecular complexity index is 985. The number of hydrogen-bond donors (Lipinski definition) is 0. The first-order chi connectivity index (χ1) is 11.8. The molecule has 6 heteroatoms. The molecular formula is C18H11N5O. The van der Waals surface area contributed by atoms with Crippen LogP contribution in [-0.2, 0) is 13.1 Å². The molecule has 3 heterocycles. The quantitative estimate of drug-likeness (QED) is 0.722. The third-order valence-corrected chi connectivity index (χ3v) is 3.90. The fraction of sp³-hybridized carbons (Fsp3) is 0.111. The summed E-state index contributed by atoms with van der Waals surface area (Å²) in [4.78, 5) is 10.8. The Hall–Kier alpha value is -3.64. The average Bonchev–Trinajstić information content (AvgIpc) is 3.20. The van der Waals surface area contributed by atoms with E-state index >= 15 is 0 Å². The van der Waals surface area contributed by atoms with Crippen molar-refractivity contribution in [2.45, 2.75) is 13.1 Å². The maximum absolute atomic E-state index is 9.21. The van der Waals surface area contributed by atoms with E-state index < -0.39 is 0 Å². The van der Waals surface area contributed by atoms with Crippen LogP contribution in [0.25, 0.3) is 11.5 Å². The van der Waals surface area contributed by atoms with E-state index in [1.807, 2.05) is 17.0 Å². The lowest BCUT2D eigenvalue weighted by Crippen LogP contribution is -2.17. The summed E-state index contributed by atoms with van der Waals surface area (Å²) >= 11 is 0. The number of nitriles is 2. The second kappa shape index (κ2) is 5.53. The zero-order valence-corrected chi connectivity index (χ0v) is 12.6. The third-order valence-electron chi connectivity index (χ3n) is 3.90. The molecule has 2 aromatic heterocycles. The second-order valence-corrected chi connectivity index (χ2v) is 5.42. The van der Waals surface area contributed by atoms with E-state index in [0.717, 1.165) is 17.0 Å². The molecule has 24 heavy (non-hydrogen) atoms. The van der Waals surface area contributed by atoms with Gasteiger partial charge in [0.1, 0.15) is 23.3 Å². The lowest BCUT2D eigenvalue weighted by Gasteiger charge is -2.16. The van der Waals surface area contributed by atoms with Crippen LogP contribution in [0.15, 0.2) is 47.0 Å². The summed E-state index contributed by atoms with van der Waals surface area (Å²) in [5.41, 5.74) is 2.72. The molecule has 0 saturated carbocycles. The Labute approximate surface area is 138 Å². The Kier molecular flexibility index (Phi) is 3.22. The topological polar surface area (TPSA) is 89.7 Å². The smallest absolute Gasteiger partial charge is 0.226 e. The number of anilines is 1. The molecule has 0 amide bonds. The van der Waals surface area contributed by atoms with Crippen LogP contribution in [0.1, 0.15) is 22.6 Å². The summed E-state index contributed by atoms with van der Waals surface area (Å²) in [6.07, 6.45) is 1.67. The number of hydrogen-bond acceptors (Lipinski definition) is 6. The van der Waals surface area contributed by atoms with Crippen LogP contribution in [-0.4, -0.2) is 9.97 Å². The minimum Gasteiger partial charge on any atom is -0.439 e. The molecule has 0 radical (unpaired) electrons. The second-order valence-electron chi connectivity index (χ2n) is 5.42. The molecule has 1 aromatic carbocycles. The zero-order valence-electron chi connectivity index (χ0n) is 12.6. The monoisotopic (exact) mass is 313 g/mol. The van der Waals surface area contributed by atoms with Gasteiger partial charge in [0.05, 0.1) is 30.3 Å². The number of oxazole rings is 1. The molecule has 0 fully saturated rings. The minimum absolute atomic E-state index is 0.512. The van der Waals surface area contributed by atoms with Gasteiger partial charge in [-0.1, -0.05) is 6.07 Å². The van der Waals surface area contributed by atoms with E-state index in [-0.39, 0.29) is 0 Å². The number of nitrogens with zero attached hydrogens (tertiary/aromatic N) is 5. The molecule has 1 aliphatic heterocycles. The van der Waals surface area contributed by atoms with Crippen molar-refractivity contribution < 1.29 is 4.42 Å². The number of fused-ring (bicyclic) bond motifs is 1. The van der Waals surface area contributed by atoms with Gasteiger partial charge in [-0.15, -0.1) is 0 Å². The van der Waals surface area contributed by atoms with Crippen LogP contribution in [0, 0.1) is 22.7 Å². The van der Waals surface area contributed by atoms with Crippen molar-refractivity contribution in [3.63, 3.8) is 0 Å². The van der Waals surface area contributed by atoms with Crippen LogP contribution in [0.2, 0.25) is 0 Å². The predicted molar refractivity (Wildman–Crippen MR) is 85.5 cm³/mol. The van der Waals surface area contributed by atoms with E-state index in [0.29, 0.717) is 35.9 Å². The molecule has 0 N–H and O–H groups in total. The van der Waals surface area contributed by atoms with Gasteiger partial charge >= 0.3 is 0 Å². The SMILES string of the molecule is N#Cc1cccc(-c2nc3c(o2)CN(c2ncccc2C#N)C3)c1. The molecule has 0 bridgehead atoms. The molecule has 114 valence electrons. The van der Waals surface area contributed by atoms with Gasteiger partial charge in [0.25, 0.3) is 0 Å². The normalized spacial score (nSPS) is 12.5. The maximum Gasteiger partial charge on any atom is 0.226 e. The summed E-state index contributed by atoms with van der Waals surface area (Å²) in [6, 6.07) is 14.9. The highest BCUT2D eigenvalue weighted by Crippen LogP contribution is 2.32. The highest BCUT2D eigenvalue weighted by molar-refractivity contribution is 5.59. The lowest BCUT2D eigenvalue weighted by molar-refractivity contribution is 0.521. The Morgan fingerprint density at radius 1 is 1.08 bits per heavy atom. The first-order valence-electron chi connectivity index (χ1n) is 7.37. The Balaban J connectivity index is 1.63. The van der Waals surface area contributed by atoms with Crippen LogP contribution in [0.3, 0.4) is 0 Å². The number of pyridine rings is 1. The number of rotatable bonds is 2. The summed E-state index contributed by atoms with van der Waals surface area (Å²) < 4.78 is 5.86. The predicted octanol–water partition coefficient (Wildman–Crippen LogP) is 3.00. The van der Waals surface area contributed by atoms with Gasteiger partial charge < -0.3 is 9.32 Å². The molecule has 0 atom stereocenters. The van der Waals surface area contributed by atoms with Crippen molar-refractivity contribution in [1.82, 2.24) is 9.97 Å². The van der Waals surface area contributed by atoms with Crippen molar-refractivity contribution in [3.8, 4) is 23.6 Å².